The van der Waals surface area contributed by atoms with Gasteiger partial charge < -0.3 is 14.8 Å². The molecule has 5 nitrogen and oxygen atoms in total. The standard InChI is InChI=1S/C19H20F3NO4/c1-5-8-27-19(25)14-10(3)23-9(2)13(18(24)26-4)15(14)11-6-7-12(20)17(22)16(11)21/h6-7,15,23H,5,8H2,1-4H3. The average Bonchev–Trinajstić information content (AvgIpc) is 2.63. The van der Waals surface area contributed by atoms with Crippen molar-refractivity contribution in [3.63, 3.8) is 0 Å². The van der Waals surface area contributed by atoms with Gasteiger partial charge in [-0.15, -0.1) is 0 Å². The summed E-state index contributed by atoms with van der Waals surface area (Å²) in [5.41, 5.74) is 0.102. The van der Waals surface area contributed by atoms with Crippen LogP contribution < -0.4 is 5.32 Å². The van der Waals surface area contributed by atoms with E-state index < -0.39 is 35.3 Å². The molecule has 8 heteroatoms. The third kappa shape index (κ3) is 3.84. The Hall–Kier alpha value is -2.77. The Kier molecular flexibility index (Phi) is 6.30. The van der Waals surface area contributed by atoms with Gasteiger partial charge in [-0.05, 0) is 26.3 Å². The summed E-state index contributed by atoms with van der Waals surface area (Å²) < 4.78 is 51.7. The number of nitrogens with one attached hydrogen (secondary N) is 1. The smallest absolute Gasteiger partial charge is 0.336 e. The number of allylic oxidation sites excluding steroid dienone is 2. The van der Waals surface area contributed by atoms with E-state index in [4.69, 9.17) is 9.47 Å². The lowest BCUT2D eigenvalue weighted by Gasteiger charge is -2.30. The van der Waals surface area contributed by atoms with Gasteiger partial charge in [0.15, 0.2) is 17.5 Å². The summed E-state index contributed by atoms with van der Waals surface area (Å²) in [5.74, 6) is -7.47. The molecule has 0 spiro atoms. The van der Waals surface area contributed by atoms with Crippen LogP contribution in [0.1, 0.15) is 38.7 Å². The molecule has 0 aromatic heterocycles. The summed E-state index contributed by atoms with van der Waals surface area (Å²) in [7, 11) is 1.13. The molecule has 0 radical (unpaired) electrons. The van der Waals surface area contributed by atoms with E-state index >= 15 is 0 Å². The first-order valence-electron chi connectivity index (χ1n) is 8.31. The molecular weight excluding hydrogens is 363 g/mol. The predicted octanol–water partition coefficient (Wildman–Crippen LogP) is 3.46. The summed E-state index contributed by atoms with van der Waals surface area (Å²) in [4.78, 5) is 24.9. The Labute approximate surface area is 154 Å². The molecular formula is C19H20F3NO4. The van der Waals surface area contributed by atoms with Gasteiger partial charge in [-0.3, -0.25) is 0 Å². The second-order valence-electron chi connectivity index (χ2n) is 6.03. The van der Waals surface area contributed by atoms with Crippen molar-refractivity contribution in [3.8, 4) is 0 Å². The minimum absolute atomic E-state index is 0.0700. The predicted molar refractivity (Wildman–Crippen MR) is 90.9 cm³/mol. The lowest BCUT2D eigenvalue weighted by atomic mass is 9.80. The quantitative estimate of drug-likeness (QED) is 0.623. The summed E-state index contributed by atoms with van der Waals surface area (Å²) in [5, 5.41) is 2.86. The Balaban J connectivity index is 2.72. The molecule has 0 bridgehead atoms. The van der Waals surface area contributed by atoms with Crippen LogP contribution in [0.2, 0.25) is 0 Å². The van der Waals surface area contributed by atoms with Crippen LogP contribution in [0.25, 0.3) is 0 Å². The van der Waals surface area contributed by atoms with Crippen LogP contribution in [-0.2, 0) is 19.1 Å². The average molecular weight is 383 g/mol. The van der Waals surface area contributed by atoms with Crippen molar-refractivity contribution in [1.82, 2.24) is 5.32 Å². The molecule has 1 aliphatic heterocycles. The fraction of sp³-hybridized carbons (Fsp3) is 0.368. The van der Waals surface area contributed by atoms with Gasteiger partial charge in [-0.2, -0.15) is 0 Å². The third-order valence-electron chi connectivity index (χ3n) is 4.20. The van der Waals surface area contributed by atoms with Crippen LogP contribution in [0.5, 0.6) is 0 Å². The molecule has 1 aromatic rings. The van der Waals surface area contributed by atoms with Crippen LogP contribution in [-0.4, -0.2) is 25.7 Å². The molecule has 1 aromatic carbocycles. The van der Waals surface area contributed by atoms with Gasteiger partial charge in [-0.25, -0.2) is 22.8 Å². The van der Waals surface area contributed by atoms with Gasteiger partial charge in [0.2, 0.25) is 0 Å². The van der Waals surface area contributed by atoms with Crippen LogP contribution in [0.15, 0.2) is 34.7 Å². The largest absolute Gasteiger partial charge is 0.466 e. The number of hydrogen-bond donors (Lipinski definition) is 1. The number of rotatable bonds is 5. The Morgan fingerprint density at radius 1 is 1.04 bits per heavy atom. The Bertz CT molecular complexity index is 846. The van der Waals surface area contributed by atoms with Gasteiger partial charge in [0.05, 0.1) is 30.8 Å². The maximum absolute atomic E-state index is 14.5. The number of methoxy groups -OCH3 is 1. The molecule has 0 fully saturated rings. The maximum atomic E-state index is 14.5. The van der Waals surface area contributed by atoms with Gasteiger partial charge in [0.1, 0.15) is 0 Å². The van der Waals surface area contributed by atoms with Crippen molar-refractivity contribution in [3.05, 3.63) is 57.7 Å². The van der Waals surface area contributed by atoms with E-state index in [0.717, 1.165) is 19.2 Å². The molecule has 0 aliphatic carbocycles. The first-order valence-corrected chi connectivity index (χ1v) is 8.31. The third-order valence-corrected chi connectivity index (χ3v) is 4.20. The topological polar surface area (TPSA) is 64.6 Å². The highest BCUT2D eigenvalue weighted by Crippen LogP contribution is 2.40. The zero-order chi connectivity index (χ0) is 20.3. The summed E-state index contributed by atoms with van der Waals surface area (Å²) in [6.07, 6.45) is 0.550. The normalized spacial score (nSPS) is 16.9. The number of carbonyl (C=O) groups excluding carboxylic acids is 2. The van der Waals surface area contributed by atoms with E-state index in [-0.39, 0.29) is 23.3 Å². The highest BCUT2D eigenvalue weighted by Gasteiger charge is 2.39. The number of benzene rings is 1. The number of hydrogen-bond acceptors (Lipinski definition) is 5. The lowest BCUT2D eigenvalue weighted by Crippen LogP contribution is -2.33. The zero-order valence-corrected chi connectivity index (χ0v) is 15.4. The molecule has 0 saturated carbocycles. The molecule has 0 saturated heterocycles. The van der Waals surface area contributed by atoms with E-state index in [1.165, 1.54) is 6.92 Å². The number of dihydropyridines is 1. The fourth-order valence-electron chi connectivity index (χ4n) is 2.99. The minimum atomic E-state index is -1.69. The van der Waals surface area contributed by atoms with Crippen LogP contribution in [0.3, 0.4) is 0 Å². The molecule has 1 N–H and O–H groups in total. The summed E-state index contributed by atoms with van der Waals surface area (Å²) >= 11 is 0. The first-order chi connectivity index (χ1) is 12.7. The second kappa shape index (κ2) is 8.28. The fourth-order valence-corrected chi connectivity index (χ4v) is 2.99. The molecule has 1 unspecified atom stereocenters. The zero-order valence-electron chi connectivity index (χ0n) is 15.4. The number of halogens is 3. The highest BCUT2D eigenvalue weighted by atomic mass is 19.2. The first kappa shape index (κ1) is 20.5. The second-order valence-corrected chi connectivity index (χ2v) is 6.03. The molecule has 1 heterocycles. The SMILES string of the molecule is CCCOC(=O)C1=C(C)NC(C)=C(C(=O)OC)C1c1ccc(F)c(F)c1F. The van der Waals surface area contributed by atoms with E-state index in [1.54, 1.807) is 13.8 Å². The molecule has 1 atom stereocenters. The molecule has 2 rings (SSSR count). The van der Waals surface area contributed by atoms with Gasteiger partial charge in [0, 0.05) is 17.0 Å². The molecule has 146 valence electrons. The molecule has 0 amide bonds. The maximum Gasteiger partial charge on any atom is 0.336 e. The van der Waals surface area contributed by atoms with Gasteiger partial charge in [0.25, 0.3) is 0 Å². The van der Waals surface area contributed by atoms with Crippen molar-refractivity contribution >= 4 is 11.9 Å². The van der Waals surface area contributed by atoms with Crippen molar-refractivity contribution < 1.29 is 32.2 Å². The summed E-state index contributed by atoms with van der Waals surface area (Å²) in [6.45, 7) is 4.99. The van der Waals surface area contributed by atoms with Crippen molar-refractivity contribution in [1.29, 1.82) is 0 Å². The van der Waals surface area contributed by atoms with Gasteiger partial charge in [-0.1, -0.05) is 13.0 Å². The highest BCUT2D eigenvalue weighted by molar-refractivity contribution is 5.99. The number of ether oxygens (including phenoxy) is 2. The van der Waals surface area contributed by atoms with Crippen molar-refractivity contribution in [2.24, 2.45) is 0 Å². The Morgan fingerprint density at radius 2 is 1.63 bits per heavy atom. The van der Waals surface area contributed by atoms with E-state index in [0.29, 0.717) is 17.8 Å². The monoisotopic (exact) mass is 383 g/mol. The Morgan fingerprint density at radius 3 is 2.19 bits per heavy atom. The summed E-state index contributed by atoms with van der Waals surface area (Å²) in [6, 6.07) is 1.74. The van der Waals surface area contributed by atoms with Crippen LogP contribution >= 0.6 is 0 Å². The van der Waals surface area contributed by atoms with Crippen LogP contribution in [0.4, 0.5) is 13.2 Å². The van der Waals surface area contributed by atoms with Crippen LogP contribution in [0, 0.1) is 17.5 Å². The van der Waals surface area contributed by atoms with E-state index in [9.17, 15) is 22.8 Å². The molecule has 27 heavy (non-hydrogen) atoms. The van der Waals surface area contributed by atoms with E-state index in [1.807, 2.05) is 0 Å². The molecule has 1 aliphatic rings. The van der Waals surface area contributed by atoms with E-state index in [2.05, 4.69) is 5.32 Å². The van der Waals surface area contributed by atoms with Crippen molar-refractivity contribution in [2.45, 2.75) is 33.1 Å². The lowest BCUT2D eigenvalue weighted by molar-refractivity contribution is -0.139. The van der Waals surface area contributed by atoms with Gasteiger partial charge >= 0.3 is 11.9 Å². The number of esters is 2. The number of carbonyl (C=O) groups is 2. The minimum Gasteiger partial charge on any atom is -0.466 e. The van der Waals surface area contributed by atoms with Crippen molar-refractivity contribution in [2.75, 3.05) is 13.7 Å².